The van der Waals surface area contributed by atoms with Gasteiger partial charge in [0.05, 0.1) is 4.92 Å². The predicted octanol–water partition coefficient (Wildman–Crippen LogP) is 3.53. The maximum atomic E-state index is 12.6. The zero-order valence-electron chi connectivity index (χ0n) is 12.9. The number of carbonyl (C=O) groups is 1. The number of rotatable bonds is 3. The standard InChI is InChI=1S/C18H18N2O3/c1-13-7-8-15(11-17(13)20(22)23)18(21)19-10-9-16(12-19)14-5-3-2-4-6-14/h2-8,11,16H,9-10,12H2,1H3. The van der Waals surface area contributed by atoms with Gasteiger partial charge >= 0.3 is 0 Å². The highest BCUT2D eigenvalue weighted by molar-refractivity contribution is 5.95. The van der Waals surface area contributed by atoms with Crippen molar-refractivity contribution in [3.8, 4) is 0 Å². The van der Waals surface area contributed by atoms with Gasteiger partial charge in [-0.3, -0.25) is 14.9 Å². The number of hydrogen-bond donors (Lipinski definition) is 0. The van der Waals surface area contributed by atoms with Crippen molar-refractivity contribution in [3.05, 3.63) is 75.3 Å². The molecule has 2 aromatic rings. The van der Waals surface area contributed by atoms with Crippen molar-refractivity contribution in [1.29, 1.82) is 0 Å². The molecule has 0 N–H and O–H groups in total. The molecular formula is C18H18N2O3. The topological polar surface area (TPSA) is 63.5 Å². The number of amides is 1. The van der Waals surface area contributed by atoms with Crippen molar-refractivity contribution in [2.24, 2.45) is 0 Å². The molecule has 118 valence electrons. The summed E-state index contributed by atoms with van der Waals surface area (Å²) in [5, 5.41) is 11.0. The monoisotopic (exact) mass is 310 g/mol. The Kier molecular flexibility index (Phi) is 4.10. The normalized spacial score (nSPS) is 17.3. The van der Waals surface area contributed by atoms with Gasteiger partial charge in [-0.2, -0.15) is 0 Å². The predicted molar refractivity (Wildman–Crippen MR) is 87.5 cm³/mol. The molecule has 1 saturated heterocycles. The molecule has 5 heteroatoms. The summed E-state index contributed by atoms with van der Waals surface area (Å²) in [7, 11) is 0. The van der Waals surface area contributed by atoms with Gasteiger partial charge in [0.25, 0.3) is 11.6 Å². The molecule has 1 aliphatic heterocycles. The highest BCUT2D eigenvalue weighted by Gasteiger charge is 2.28. The molecule has 0 aromatic heterocycles. The van der Waals surface area contributed by atoms with Crippen LogP contribution in [0.2, 0.25) is 0 Å². The third-order valence-electron chi connectivity index (χ3n) is 4.40. The highest BCUT2D eigenvalue weighted by Crippen LogP contribution is 2.29. The van der Waals surface area contributed by atoms with Crippen molar-refractivity contribution >= 4 is 11.6 Å². The van der Waals surface area contributed by atoms with Gasteiger partial charge in [-0.15, -0.1) is 0 Å². The van der Waals surface area contributed by atoms with Crippen molar-refractivity contribution in [2.75, 3.05) is 13.1 Å². The van der Waals surface area contributed by atoms with E-state index in [-0.39, 0.29) is 11.6 Å². The second-order valence-corrected chi connectivity index (χ2v) is 5.91. The molecule has 3 rings (SSSR count). The highest BCUT2D eigenvalue weighted by atomic mass is 16.6. The van der Waals surface area contributed by atoms with Crippen LogP contribution in [0.15, 0.2) is 48.5 Å². The minimum atomic E-state index is -0.442. The maximum absolute atomic E-state index is 12.6. The lowest BCUT2D eigenvalue weighted by molar-refractivity contribution is -0.385. The molecule has 2 aromatic carbocycles. The number of carbonyl (C=O) groups excluding carboxylic acids is 1. The van der Waals surface area contributed by atoms with Crippen LogP contribution < -0.4 is 0 Å². The Morgan fingerprint density at radius 3 is 2.65 bits per heavy atom. The summed E-state index contributed by atoms with van der Waals surface area (Å²) in [5.41, 5.74) is 2.18. The summed E-state index contributed by atoms with van der Waals surface area (Å²) in [5.74, 6) is 0.201. The molecule has 1 fully saturated rings. The van der Waals surface area contributed by atoms with E-state index in [9.17, 15) is 14.9 Å². The van der Waals surface area contributed by atoms with E-state index in [0.29, 0.717) is 30.1 Å². The van der Waals surface area contributed by atoms with E-state index in [1.807, 2.05) is 18.2 Å². The maximum Gasteiger partial charge on any atom is 0.273 e. The smallest absolute Gasteiger partial charge is 0.273 e. The summed E-state index contributed by atoms with van der Waals surface area (Å²) in [6.45, 7) is 3.01. The zero-order valence-corrected chi connectivity index (χ0v) is 12.9. The van der Waals surface area contributed by atoms with Crippen molar-refractivity contribution in [1.82, 2.24) is 4.90 Å². The van der Waals surface area contributed by atoms with Crippen LogP contribution in [-0.2, 0) is 0 Å². The molecule has 0 aliphatic carbocycles. The number of nitrogens with zero attached hydrogens (tertiary/aromatic N) is 2. The van der Waals surface area contributed by atoms with E-state index >= 15 is 0 Å². The summed E-state index contributed by atoms with van der Waals surface area (Å²) in [6.07, 6.45) is 0.920. The number of aryl methyl sites for hydroxylation is 1. The first kappa shape index (κ1) is 15.2. The Morgan fingerprint density at radius 2 is 1.96 bits per heavy atom. The first-order valence-electron chi connectivity index (χ1n) is 7.65. The van der Waals surface area contributed by atoms with Crippen molar-refractivity contribution < 1.29 is 9.72 Å². The molecule has 1 atom stereocenters. The lowest BCUT2D eigenvalue weighted by Crippen LogP contribution is -2.28. The minimum absolute atomic E-state index is 0.00495. The Hall–Kier alpha value is -2.69. The second kappa shape index (κ2) is 6.20. The lowest BCUT2D eigenvalue weighted by Gasteiger charge is -2.17. The molecule has 1 aliphatic rings. The number of nitro benzene ring substituents is 1. The first-order chi connectivity index (χ1) is 11.1. The zero-order chi connectivity index (χ0) is 16.4. The van der Waals surface area contributed by atoms with Gasteiger partial charge in [0.2, 0.25) is 0 Å². The van der Waals surface area contributed by atoms with Gasteiger partial charge in [0.1, 0.15) is 0 Å². The molecule has 0 bridgehead atoms. The van der Waals surface area contributed by atoms with Crippen LogP contribution in [-0.4, -0.2) is 28.8 Å². The van der Waals surface area contributed by atoms with Crippen LogP contribution in [0.1, 0.15) is 33.8 Å². The average molecular weight is 310 g/mol. The van der Waals surface area contributed by atoms with Gasteiger partial charge < -0.3 is 4.90 Å². The number of hydrogen-bond acceptors (Lipinski definition) is 3. The Balaban J connectivity index is 1.77. The fourth-order valence-corrected chi connectivity index (χ4v) is 3.06. The van der Waals surface area contributed by atoms with Crippen molar-refractivity contribution in [2.45, 2.75) is 19.3 Å². The Labute approximate surface area is 134 Å². The lowest BCUT2D eigenvalue weighted by atomic mass is 9.99. The van der Waals surface area contributed by atoms with E-state index in [0.717, 1.165) is 6.42 Å². The molecule has 1 heterocycles. The second-order valence-electron chi connectivity index (χ2n) is 5.91. The first-order valence-corrected chi connectivity index (χ1v) is 7.65. The van der Waals surface area contributed by atoms with Crippen LogP contribution in [0.25, 0.3) is 0 Å². The number of nitro groups is 1. The third kappa shape index (κ3) is 3.08. The van der Waals surface area contributed by atoms with Gasteiger partial charge in [0.15, 0.2) is 0 Å². The Morgan fingerprint density at radius 1 is 1.22 bits per heavy atom. The summed E-state index contributed by atoms with van der Waals surface area (Å²) in [6, 6.07) is 14.8. The summed E-state index contributed by atoms with van der Waals surface area (Å²) < 4.78 is 0. The van der Waals surface area contributed by atoms with E-state index in [1.165, 1.54) is 11.6 Å². The van der Waals surface area contributed by atoms with Crippen molar-refractivity contribution in [3.63, 3.8) is 0 Å². The quantitative estimate of drug-likeness (QED) is 0.643. The van der Waals surface area contributed by atoms with Crippen LogP contribution in [0.4, 0.5) is 5.69 Å². The molecule has 5 nitrogen and oxygen atoms in total. The van der Waals surface area contributed by atoms with E-state index < -0.39 is 4.92 Å². The molecule has 0 radical (unpaired) electrons. The third-order valence-corrected chi connectivity index (χ3v) is 4.40. The van der Waals surface area contributed by atoms with Gasteiger partial charge in [-0.1, -0.05) is 36.4 Å². The van der Waals surface area contributed by atoms with Gasteiger partial charge in [-0.05, 0) is 25.0 Å². The van der Waals surface area contributed by atoms with Crippen LogP contribution in [0, 0.1) is 17.0 Å². The number of benzene rings is 2. The SMILES string of the molecule is Cc1ccc(C(=O)N2CCC(c3ccccc3)C2)cc1[N+](=O)[O-]. The van der Waals surface area contributed by atoms with Gasteiger partial charge in [0, 0.05) is 36.2 Å². The molecule has 1 amide bonds. The summed E-state index contributed by atoms with van der Waals surface area (Å²) in [4.78, 5) is 25.0. The van der Waals surface area contributed by atoms with E-state index in [2.05, 4.69) is 12.1 Å². The largest absolute Gasteiger partial charge is 0.338 e. The van der Waals surface area contributed by atoms with Crippen LogP contribution in [0.3, 0.4) is 0 Å². The van der Waals surface area contributed by atoms with Crippen LogP contribution in [0.5, 0.6) is 0 Å². The fraction of sp³-hybridized carbons (Fsp3) is 0.278. The fourth-order valence-electron chi connectivity index (χ4n) is 3.06. The number of likely N-dealkylation sites (tertiary alicyclic amines) is 1. The Bertz CT molecular complexity index is 743. The average Bonchev–Trinajstić information content (AvgIpc) is 3.05. The van der Waals surface area contributed by atoms with Gasteiger partial charge in [-0.25, -0.2) is 0 Å². The minimum Gasteiger partial charge on any atom is -0.338 e. The molecular weight excluding hydrogens is 292 g/mol. The summed E-state index contributed by atoms with van der Waals surface area (Å²) >= 11 is 0. The molecule has 1 unspecified atom stereocenters. The molecule has 0 saturated carbocycles. The van der Waals surface area contributed by atoms with E-state index in [4.69, 9.17) is 0 Å². The molecule has 0 spiro atoms. The van der Waals surface area contributed by atoms with Crippen LogP contribution >= 0.6 is 0 Å². The molecule has 23 heavy (non-hydrogen) atoms. The van der Waals surface area contributed by atoms with E-state index in [1.54, 1.807) is 24.0 Å².